The van der Waals surface area contributed by atoms with Crippen LogP contribution in [0, 0.1) is 23.2 Å². The zero-order chi connectivity index (χ0) is 46.1. The van der Waals surface area contributed by atoms with Crippen molar-refractivity contribution >= 4 is 62.8 Å². The number of carbonyl (C=O) groups is 4. The first-order chi connectivity index (χ1) is 30.4. The third-order valence-electron chi connectivity index (χ3n) is 13.2. The van der Waals surface area contributed by atoms with Gasteiger partial charge >= 0.3 is 12.1 Å². The Hall–Kier alpha value is -4.45. The predicted octanol–water partition coefficient (Wildman–Crippen LogP) is 6.84. The summed E-state index contributed by atoms with van der Waals surface area (Å²) in [5.41, 5.74) is -0.714. The van der Waals surface area contributed by atoms with Gasteiger partial charge < -0.3 is 44.9 Å². The summed E-state index contributed by atoms with van der Waals surface area (Å²) >= 11 is 8.56. The first kappa shape index (κ1) is 47.5. The second kappa shape index (κ2) is 19.6. The minimum absolute atomic E-state index is 0.0378. The van der Waals surface area contributed by atoms with Gasteiger partial charge in [-0.05, 0) is 68.4 Å². The van der Waals surface area contributed by atoms with Crippen LogP contribution in [0.3, 0.4) is 0 Å². The lowest BCUT2D eigenvalue weighted by molar-refractivity contribution is -0.146. The number of aromatic nitrogens is 2. The minimum atomic E-state index is -1.42. The van der Waals surface area contributed by atoms with E-state index >= 15 is 0 Å². The summed E-state index contributed by atoms with van der Waals surface area (Å²) in [6.07, 6.45) is 0.650. The molecule has 4 heterocycles. The Morgan fingerprint density at radius 2 is 1.75 bits per heavy atom. The van der Waals surface area contributed by atoms with Gasteiger partial charge in [0.2, 0.25) is 11.8 Å². The zero-order valence-electron chi connectivity index (χ0n) is 38.2. The number of ether oxygens (including phenoxy) is 4. The van der Waals surface area contributed by atoms with E-state index in [0.29, 0.717) is 83.4 Å². The van der Waals surface area contributed by atoms with E-state index in [1.165, 1.54) is 16.2 Å². The van der Waals surface area contributed by atoms with Crippen LogP contribution in [0.25, 0.3) is 22.3 Å². The maximum atomic E-state index is 14.9. The molecule has 0 radical (unpaired) electrons. The largest absolute Gasteiger partial charge is 0.491 e. The summed E-state index contributed by atoms with van der Waals surface area (Å²) in [6.45, 7) is 19.8. The van der Waals surface area contributed by atoms with E-state index in [4.69, 9.17) is 40.5 Å². The fourth-order valence-electron chi connectivity index (χ4n) is 9.12. The Kier molecular flexibility index (Phi) is 14.5. The van der Waals surface area contributed by atoms with Crippen LogP contribution in [0.1, 0.15) is 87.5 Å². The number of likely N-dealkylation sites (tertiary alicyclic amines) is 1. The SMILES string of the molecule is CCC1C[C@]1(NC(=O)[C@@H]1C[C@@H](Oc2cc(-c3csc(NC(C)C)n3)nc3c(Cl)c(OCCN4CCOCC4)ccc23)CN1C(=O)[C@@H](NC(=O)O[C@H]1C[C@@H](C)[C@@H](C)C1)C(C)(C)C)C(=O)O. The molecule has 7 rings (SSSR count). The van der Waals surface area contributed by atoms with Gasteiger partial charge in [0, 0.05) is 48.9 Å². The number of amides is 3. The normalized spacial score (nSPS) is 26.4. The second-order valence-corrected chi connectivity index (χ2v) is 20.6. The molecule has 2 aliphatic carbocycles. The van der Waals surface area contributed by atoms with Crippen LogP contribution in [0.2, 0.25) is 5.02 Å². The number of thiazole rings is 1. The number of benzene rings is 1. The van der Waals surface area contributed by atoms with E-state index in [0.717, 1.165) is 31.1 Å². The number of aliphatic carboxylic acids is 1. The van der Waals surface area contributed by atoms with Crippen molar-refractivity contribution in [3.05, 3.63) is 28.6 Å². The second-order valence-electron chi connectivity index (χ2n) is 19.4. The molecule has 2 aliphatic heterocycles. The fraction of sp³-hybridized carbons (Fsp3) is 0.652. The van der Waals surface area contributed by atoms with Gasteiger partial charge in [0.05, 0.1) is 31.0 Å². The van der Waals surface area contributed by atoms with Crippen LogP contribution in [0.5, 0.6) is 11.5 Å². The molecule has 350 valence electrons. The average molecular weight is 927 g/mol. The quantitative estimate of drug-likeness (QED) is 0.117. The van der Waals surface area contributed by atoms with Crippen LogP contribution < -0.4 is 25.4 Å². The Balaban J connectivity index is 1.20. The molecule has 4 N–H and O–H groups in total. The molecule has 64 heavy (non-hydrogen) atoms. The summed E-state index contributed by atoms with van der Waals surface area (Å²) in [5, 5.41) is 22.7. The van der Waals surface area contributed by atoms with Crippen LogP contribution in [0.4, 0.5) is 9.93 Å². The maximum absolute atomic E-state index is 14.9. The minimum Gasteiger partial charge on any atom is -0.491 e. The summed E-state index contributed by atoms with van der Waals surface area (Å²) < 4.78 is 24.4. The average Bonchev–Trinajstić information content (AvgIpc) is 3.47. The first-order valence-electron chi connectivity index (χ1n) is 22.6. The molecule has 0 spiro atoms. The van der Waals surface area contributed by atoms with Crippen molar-refractivity contribution in [1.29, 1.82) is 0 Å². The standard InChI is InChI=1S/C46H64ClN7O9S/c1-9-28-22-46(28,42(57)58)52-40(55)34-20-30(23-54(34)41(56)39(45(6,7)8)51-44(59)63-29-18-26(4)27(5)19-29)62-36-21-32(33-24-64-43(50-33)48-25(2)3)49-38-31(36)10-11-35(37(38)47)61-17-14-53-12-15-60-16-13-53/h10-11,21,24-30,34,39H,9,12-20,22-23H2,1-8H3,(H,48,50)(H,51,59)(H,52,55)(H,57,58)/t26-,27+,28?,29+,30-,34+,39-,46-/m1/s1. The molecule has 2 saturated heterocycles. The molecule has 4 aliphatic rings. The number of hydrogen-bond acceptors (Lipinski definition) is 13. The van der Waals surface area contributed by atoms with Gasteiger partial charge in [-0.25, -0.2) is 19.6 Å². The molecule has 8 atom stereocenters. The van der Waals surface area contributed by atoms with E-state index in [9.17, 15) is 24.3 Å². The lowest BCUT2D eigenvalue weighted by atomic mass is 9.85. The number of halogens is 1. The molecular weight excluding hydrogens is 862 g/mol. The molecule has 18 heteroatoms. The number of rotatable bonds is 16. The number of hydrogen-bond donors (Lipinski definition) is 4. The summed E-state index contributed by atoms with van der Waals surface area (Å²) in [4.78, 5) is 68.7. The Morgan fingerprint density at radius 3 is 2.39 bits per heavy atom. The van der Waals surface area contributed by atoms with E-state index in [-0.39, 0.29) is 37.5 Å². The number of anilines is 1. The molecule has 2 aromatic heterocycles. The van der Waals surface area contributed by atoms with Gasteiger partial charge in [0.25, 0.3) is 0 Å². The molecule has 3 aromatic rings. The van der Waals surface area contributed by atoms with Crippen molar-refractivity contribution in [2.75, 3.05) is 51.3 Å². The van der Waals surface area contributed by atoms with Crippen molar-refractivity contribution in [2.45, 2.75) is 123 Å². The highest BCUT2D eigenvalue weighted by Gasteiger charge is 2.61. The third kappa shape index (κ3) is 10.6. The van der Waals surface area contributed by atoms with E-state index in [2.05, 4.69) is 34.7 Å². The third-order valence-corrected chi connectivity index (χ3v) is 14.3. The molecule has 16 nitrogen and oxygen atoms in total. The number of carboxylic acid groups (broad SMARTS) is 1. The Bertz CT molecular complexity index is 2190. The highest BCUT2D eigenvalue weighted by molar-refractivity contribution is 7.14. The Labute approximate surface area is 384 Å². The van der Waals surface area contributed by atoms with Crippen molar-refractivity contribution in [3.63, 3.8) is 0 Å². The predicted molar refractivity (Wildman–Crippen MR) is 245 cm³/mol. The van der Waals surface area contributed by atoms with Crippen molar-refractivity contribution in [3.8, 4) is 22.9 Å². The molecule has 1 unspecified atom stereocenters. The molecular formula is C46H64ClN7O9S. The zero-order valence-corrected chi connectivity index (χ0v) is 39.8. The number of nitrogens with one attached hydrogen (secondary N) is 3. The van der Waals surface area contributed by atoms with E-state index in [1.54, 1.807) is 12.1 Å². The summed E-state index contributed by atoms with van der Waals surface area (Å²) in [6, 6.07) is 3.35. The number of alkyl carbamates (subject to hydrolysis) is 1. The number of carboxylic acids is 1. The van der Waals surface area contributed by atoms with Crippen molar-refractivity contribution < 1.29 is 43.2 Å². The molecule has 3 amide bonds. The van der Waals surface area contributed by atoms with Crippen LogP contribution in [-0.4, -0.2) is 131 Å². The smallest absolute Gasteiger partial charge is 0.408 e. The molecule has 0 bridgehead atoms. The lowest BCUT2D eigenvalue weighted by Gasteiger charge is -2.35. The van der Waals surface area contributed by atoms with Crippen LogP contribution >= 0.6 is 22.9 Å². The van der Waals surface area contributed by atoms with Crippen molar-refractivity contribution in [1.82, 2.24) is 30.4 Å². The fourth-order valence-corrected chi connectivity index (χ4v) is 10.2. The highest BCUT2D eigenvalue weighted by Crippen LogP contribution is 2.47. The van der Waals surface area contributed by atoms with Gasteiger partial charge in [-0.15, -0.1) is 11.3 Å². The van der Waals surface area contributed by atoms with Crippen LogP contribution in [-0.2, 0) is 23.9 Å². The lowest BCUT2D eigenvalue weighted by Crippen LogP contribution is -2.59. The molecule has 2 saturated carbocycles. The Morgan fingerprint density at radius 1 is 1.03 bits per heavy atom. The van der Waals surface area contributed by atoms with Gasteiger partial charge in [-0.1, -0.05) is 59.6 Å². The molecule has 4 fully saturated rings. The highest BCUT2D eigenvalue weighted by atomic mass is 35.5. The number of morpholine rings is 1. The number of carbonyl (C=O) groups excluding carboxylic acids is 3. The topological polar surface area (TPSA) is 194 Å². The van der Waals surface area contributed by atoms with Gasteiger partial charge in [0.15, 0.2) is 5.13 Å². The summed E-state index contributed by atoms with van der Waals surface area (Å²) in [7, 11) is 0. The van der Waals surface area contributed by atoms with Crippen LogP contribution in [0.15, 0.2) is 23.6 Å². The van der Waals surface area contributed by atoms with Gasteiger partial charge in [-0.3, -0.25) is 14.5 Å². The van der Waals surface area contributed by atoms with Gasteiger partial charge in [0.1, 0.15) is 58.7 Å². The van der Waals surface area contributed by atoms with E-state index in [1.807, 2.05) is 53.0 Å². The maximum Gasteiger partial charge on any atom is 0.408 e. The summed E-state index contributed by atoms with van der Waals surface area (Å²) in [5.74, 6) is -0.806. The van der Waals surface area contributed by atoms with Crippen molar-refractivity contribution in [2.24, 2.45) is 23.2 Å². The van der Waals surface area contributed by atoms with E-state index < -0.39 is 53.0 Å². The number of nitrogens with zero attached hydrogens (tertiary/aromatic N) is 4. The number of fused-ring (bicyclic) bond motifs is 1. The first-order valence-corrected chi connectivity index (χ1v) is 23.9. The van der Waals surface area contributed by atoms with Gasteiger partial charge in [-0.2, -0.15) is 0 Å². The molecule has 1 aromatic carbocycles. The monoisotopic (exact) mass is 925 g/mol. The number of pyridine rings is 1.